The molecule has 2 nitrogen and oxygen atoms in total. The van der Waals surface area contributed by atoms with Gasteiger partial charge < -0.3 is 10.4 Å². The van der Waals surface area contributed by atoms with Gasteiger partial charge in [0.2, 0.25) is 0 Å². The summed E-state index contributed by atoms with van der Waals surface area (Å²) in [7, 11) is 0. The second-order valence-electron chi connectivity index (χ2n) is 4.45. The SMILES string of the molecule is CC(C)(CCO)NCCSc1ccccc1. The molecule has 1 aromatic rings. The number of nitrogens with one attached hydrogen (secondary N) is 1. The highest BCUT2D eigenvalue weighted by molar-refractivity contribution is 7.99. The Bertz CT molecular complexity index is 287. The molecule has 3 heteroatoms. The Kier molecular flexibility index (Phi) is 5.88. The van der Waals surface area contributed by atoms with Crippen LogP contribution in [0.4, 0.5) is 0 Å². The minimum Gasteiger partial charge on any atom is -0.396 e. The van der Waals surface area contributed by atoms with Crippen molar-refractivity contribution in [2.45, 2.75) is 30.7 Å². The first-order valence-electron chi connectivity index (χ1n) is 5.68. The van der Waals surface area contributed by atoms with E-state index in [-0.39, 0.29) is 12.1 Å². The molecule has 0 aliphatic heterocycles. The molecule has 0 aliphatic carbocycles. The molecule has 0 saturated carbocycles. The van der Waals surface area contributed by atoms with Gasteiger partial charge in [-0.1, -0.05) is 18.2 Å². The summed E-state index contributed by atoms with van der Waals surface area (Å²) in [4.78, 5) is 1.31. The van der Waals surface area contributed by atoms with Gasteiger partial charge in [0.25, 0.3) is 0 Å². The lowest BCUT2D eigenvalue weighted by molar-refractivity contribution is 0.233. The van der Waals surface area contributed by atoms with E-state index in [1.807, 2.05) is 17.8 Å². The largest absolute Gasteiger partial charge is 0.396 e. The average molecular weight is 239 g/mol. The van der Waals surface area contributed by atoms with Crippen LogP contribution in [0.5, 0.6) is 0 Å². The summed E-state index contributed by atoms with van der Waals surface area (Å²) in [6.45, 7) is 5.45. The summed E-state index contributed by atoms with van der Waals surface area (Å²) in [6.07, 6.45) is 0.795. The van der Waals surface area contributed by atoms with Crippen molar-refractivity contribution < 1.29 is 5.11 Å². The zero-order valence-corrected chi connectivity index (χ0v) is 10.9. The van der Waals surface area contributed by atoms with Crippen LogP contribution in [0.1, 0.15) is 20.3 Å². The summed E-state index contributed by atoms with van der Waals surface area (Å²) in [6, 6.07) is 10.4. The fraction of sp³-hybridized carbons (Fsp3) is 0.538. The number of aliphatic hydroxyl groups excluding tert-OH is 1. The highest BCUT2D eigenvalue weighted by Gasteiger charge is 2.14. The molecule has 0 saturated heterocycles. The lowest BCUT2D eigenvalue weighted by Gasteiger charge is -2.25. The molecule has 1 rings (SSSR count). The lowest BCUT2D eigenvalue weighted by Crippen LogP contribution is -2.41. The summed E-state index contributed by atoms with van der Waals surface area (Å²) in [5.74, 6) is 1.05. The van der Waals surface area contributed by atoms with E-state index in [1.165, 1.54) is 4.90 Å². The molecule has 0 spiro atoms. The number of hydrogen-bond donors (Lipinski definition) is 2. The van der Waals surface area contributed by atoms with E-state index in [0.29, 0.717) is 0 Å². The molecule has 0 aromatic heterocycles. The van der Waals surface area contributed by atoms with Crippen LogP contribution in [0.3, 0.4) is 0 Å². The van der Waals surface area contributed by atoms with E-state index in [9.17, 15) is 0 Å². The number of hydrogen-bond acceptors (Lipinski definition) is 3. The van der Waals surface area contributed by atoms with Gasteiger partial charge in [-0.25, -0.2) is 0 Å². The molecule has 16 heavy (non-hydrogen) atoms. The van der Waals surface area contributed by atoms with Crippen LogP contribution in [0.2, 0.25) is 0 Å². The average Bonchev–Trinajstić information content (AvgIpc) is 2.26. The van der Waals surface area contributed by atoms with Crippen molar-refractivity contribution in [1.29, 1.82) is 0 Å². The molecule has 0 unspecified atom stereocenters. The Labute approximate surface area is 102 Å². The molecule has 0 amide bonds. The van der Waals surface area contributed by atoms with Gasteiger partial charge in [-0.3, -0.25) is 0 Å². The maximum absolute atomic E-state index is 8.89. The smallest absolute Gasteiger partial charge is 0.0448 e. The quantitative estimate of drug-likeness (QED) is 0.566. The number of thioether (sulfide) groups is 1. The molecule has 1 aromatic carbocycles. The highest BCUT2D eigenvalue weighted by Crippen LogP contribution is 2.16. The Morgan fingerprint density at radius 1 is 1.25 bits per heavy atom. The van der Waals surface area contributed by atoms with Gasteiger partial charge in [-0.05, 0) is 32.4 Å². The van der Waals surface area contributed by atoms with Crippen molar-refractivity contribution >= 4 is 11.8 Å². The predicted molar refractivity (Wildman–Crippen MR) is 71.0 cm³/mol. The standard InChI is InChI=1S/C13H21NOS/c1-13(2,8-10-15)14-9-11-16-12-6-4-3-5-7-12/h3-7,14-15H,8-11H2,1-2H3. The third kappa shape index (κ3) is 5.54. The van der Waals surface area contributed by atoms with E-state index in [2.05, 4.69) is 43.4 Å². The van der Waals surface area contributed by atoms with Gasteiger partial charge in [0.15, 0.2) is 0 Å². The van der Waals surface area contributed by atoms with Crippen LogP contribution in [0.25, 0.3) is 0 Å². The third-order valence-corrected chi connectivity index (χ3v) is 3.47. The maximum atomic E-state index is 8.89. The third-order valence-electron chi connectivity index (χ3n) is 2.45. The number of aliphatic hydroxyl groups is 1. The predicted octanol–water partition coefficient (Wildman–Crippen LogP) is 2.53. The zero-order valence-electron chi connectivity index (χ0n) is 10.1. The van der Waals surface area contributed by atoms with Crippen LogP contribution in [-0.4, -0.2) is 29.5 Å². The van der Waals surface area contributed by atoms with Gasteiger partial charge in [0.05, 0.1) is 0 Å². The molecular weight excluding hydrogens is 218 g/mol. The van der Waals surface area contributed by atoms with Crippen LogP contribution in [0, 0.1) is 0 Å². The second kappa shape index (κ2) is 6.94. The van der Waals surface area contributed by atoms with Gasteiger partial charge in [0, 0.05) is 29.3 Å². The molecule has 2 N–H and O–H groups in total. The Balaban J connectivity index is 2.17. The lowest BCUT2D eigenvalue weighted by atomic mass is 10.0. The molecule has 0 aliphatic rings. The maximum Gasteiger partial charge on any atom is 0.0448 e. The van der Waals surface area contributed by atoms with Gasteiger partial charge >= 0.3 is 0 Å². The van der Waals surface area contributed by atoms with Crippen LogP contribution in [-0.2, 0) is 0 Å². The van der Waals surface area contributed by atoms with Crippen molar-refractivity contribution in [3.63, 3.8) is 0 Å². The van der Waals surface area contributed by atoms with Crippen LogP contribution < -0.4 is 5.32 Å². The monoisotopic (exact) mass is 239 g/mol. The number of benzene rings is 1. The molecule has 0 radical (unpaired) electrons. The summed E-state index contributed by atoms with van der Waals surface area (Å²) in [5, 5.41) is 12.3. The topological polar surface area (TPSA) is 32.3 Å². The normalized spacial score (nSPS) is 11.7. The van der Waals surface area contributed by atoms with E-state index in [0.717, 1.165) is 18.7 Å². The molecular formula is C13H21NOS. The first kappa shape index (κ1) is 13.6. The first-order chi connectivity index (χ1) is 7.64. The fourth-order valence-corrected chi connectivity index (χ4v) is 2.23. The van der Waals surface area contributed by atoms with Crippen molar-refractivity contribution in [2.75, 3.05) is 18.9 Å². The minimum atomic E-state index is 0.0337. The summed E-state index contributed by atoms with van der Waals surface area (Å²) < 4.78 is 0. The molecule has 0 atom stereocenters. The summed E-state index contributed by atoms with van der Waals surface area (Å²) in [5.41, 5.74) is 0.0337. The van der Waals surface area contributed by atoms with Gasteiger partial charge in [-0.15, -0.1) is 11.8 Å². The molecule has 90 valence electrons. The van der Waals surface area contributed by atoms with Crippen molar-refractivity contribution in [3.05, 3.63) is 30.3 Å². The number of rotatable bonds is 7. The van der Waals surface area contributed by atoms with Crippen LogP contribution >= 0.6 is 11.8 Å². The minimum absolute atomic E-state index is 0.0337. The Morgan fingerprint density at radius 2 is 1.94 bits per heavy atom. The highest BCUT2D eigenvalue weighted by atomic mass is 32.2. The molecule has 0 heterocycles. The molecule has 0 bridgehead atoms. The van der Waals surface area contributed by atoms with E-state index in [1.54, 1.807) is 0 Å². The summed E-state index contributed by atoms with van der Waals surface area (Å²) >= 11 is 1.85. The first-order valence-corrected chi connectivity index (χ1v) is 6.66. The zero-order chi connectivity index (χ0) is 11.9. The van der Waals surface area contributed by atoms with Crippen molar-refractivity contribution in [2.24, 2.45) is 0 Å². The van der Waals surface area contributed by atoms with Gasteiger partial charge in [-0.2, -0.15) is 0 Å². The molecule has 0 fully saturated rings. The van der Waals surface area contributed by atoms with Crippen molar-refractivity contribution in [3.8, 4) is 0 Å². The Hall–Kier alpha value is -0.510. The van der Waals surface area contributed by atoms with E-state index in [4.69, 9.17) is 5.11 Å². The van der Waals surface area contributed by atoms with Gasteiger partial charge in [0.1, 0.15) is 0 Å². The van der Waals surface area contributed by atoms with E-state index >= 15 is 0 Å². The van der Waals surface area contributed by atoms with E-state index < -0.39 is 0 Å². The second-order valence-corrected chi connectivity index (χ2v) is 5.61. The van der Waals surface area contributed by atoms with Crippen molar-refractivity contribution in [1.82, 2.24) is 5.32 Å². The van der Waals surface area contributed by atoms with Crippen LogP contribution in [0.15, 0.2) is 35.2 Å². The fourth-order valence-electron chi connectivity index (χ4n) is 1.44. The Morgan fingerprint density at radius 3 is 2.56 bits per heavy atom.